The summed E-state index contributed by atoms with van der Waals surface area (Å²) in [5.41, 5.74) is -0.646. The molecule has 1 rings (SSSR count). The molecule has 2 amide bonds. The topological polar surface area (TPSA) is 99.5 Å². The van der Waals surface area contributed by atoms with Crippen LogP contribution in [0.2, 0.25) is 0 Å². The van der Waals surface area contributed by atoms with Gasteiger partial charge in [-0.2, -0.15) is 0 Å². The van der Waals surface area contributed by atoms with Crippen LogP contribution in [0.3, 0.4) is 0 Å². The van der Waals surface area contributed by atoms with E-state index in [9.17, 15) is 14.7 Å². The summed E-state index contributed by atoms with van der Waals surface area (Å²) >= 11 is 1.56. The van der Waals surface area contributed by atoms with Crippen molar-refractivity contribution in [3.63, 3.8) is 0 Å². The summed E-state index contributed by atoms with van der Waals surface area (Å²) in [6.07, 6.45) is 1.63. The van der Waals surface area contributed by atoms with E-state index in [4.69, 9.17) is 10.1 Å². The zero-order valence-corrected chi connectivity index (χ0v) is 15.2. The maximum atomic E-state index is 12.3. The molecular formula is C16H28N2O4S. The normalized spacial score (nSPS) is 16.9. The summed E-state index contributed by atoms with van der Waals surface area (Å²) in [6.45, 7) is 8.20. The molecule has 23 heavy (non-hydrogen) atoms. The standard InChI is InChI=1S/C16H28N2O4S/c1-15(2,10-19)12(17)9-13(20)18-14(21)16(3,4)23-11-5-7-22-8-6-11/h11,17,19H,5-10H2,1-4H3,(H,18,20,21). The summed E-state index contributed by atoms with van der Waals surface area (Å²) in [7, 11) is 0. The molecule has 1 aliphatic heterocycles. The number of aliphatic hydroxyl groups excluding tert-OH is 1. The minimum atomic E-state index is -0.757. The average Bonchev–Trinajstić information content (AvgIpc) is 2.47. The van der Waals surface area contributed by atoms with Gasteiger partial charge in [0.1, 0.15) is 0 Å². The summed E-state index contributed by atoms with van der Waals surface area (Å²) in [5.74, 6) is -0.837. The Labute approximate surface area is 142 Å². The molecule has 1 fully saturated rings. The Morgan fingerprint density at radius 1 is 1.26 bits per heavy atom. The number of rotatable bonds is 7. The van der Waals surface area contributed by atoms with Gasteiger partial charge in [-0.1, -0.05) is 13.8 Å². The molecule has 0 atom stereocenters. The van der Waals surface area contributed by atoms with Crippen molar-refractivity contribution in [2.24, 2.45) is 5.41 Å². The van der Waals surface area contributed by atoms with Gasteiger partial charge < -0.3 is 15.3 Å². The van der Waals surface area contributed by atoms with Crippen molar-refractivity contribution in [2.75, 3.05) is 19.8 Å². The van der Waals surface area contributed by atoms with Gasteiger partial charge in [-0.05, 0) is 26.7 Å². The van der Waals surface area contributed by atoms with Gasteiger partial charge in [0.05, 0.1) is 17.8 Å². The largest absolute Gasteiger partial charge is 0.395 e. The molecule has 0 spiro atoms. The summed E-state index contributed by atoms with van der Waals surface area (Å²) in [5, 5.41) is 19.8. The molecular weight excluding hydrogens is 316 g/mol. The molecule has 0 aliphatic carbocycles. The molecule has 0 aromatic rings. The van der Waals surface area contributed by atoms with E-state index in [0.29, 0.717) is 18.5 Å². The molecule has 0 saturated carbocycles. The molecule has 7 heteroatoms. The fraction of sp³-hybridized carbons (Fsp3) is 0.812. The van der Waals surface area contributed by atoms with Crippen molar-refractivity contribution >= 4 is 29.3 Å². The lowest BCUT2D eigenvalue weighted by Crippen LogP contribution is -2.45. The number of amides is 2. The number of hydrogen-bond acceptors (Lipinski definition) is 6. The van der Waals surface area contributed by atoms with Gasteiger partial charge in [0.2, 0.25) is 11.8 Å². The van der Waals surface area contributed by atoms with Crippen molar-refractivity contribution < 1.29 is 19.4 Å². The van der Waals surface area contributed by atoms with E-state index >= 15 is 0 Å². The molecule has 0 bridgehead atoms. The molecule has 1 saturated heterocycles. The van der Waals surface area contributed by atoms with E-state index in [0.717, 1.165) is 12.8 Å². The number of carbonyl (C=O) groups excluding carboxylic acids is 2. The van der Waals surface area contributed by atoms with E-state index in [1.807, 2.05) is 0 Å². The van der Waals surface area contributed by atoms with E-state index in [1.54, 1.807) is 39.5 Å². The molecule has 0 radical (unpaired) electrons. The molecule has 3 N–H and O–H groups in total. The Morgan fingerprint density at radius 2 is 1.83 bits per heavy atom. The second-order valence-electron chi connectivity index (χ2n) is 7.01. The van der Waals surface area contributed by atoms with Crippen molar-refractivity contribution in [1.29, 1.82) is 5.41 Å². The highest BCUT2D eigenvalue weighted by Crippen LogP contribution is 2.34. The van der Waals surface area contributed by atoms with Gasteiger partial charge in [-0.3, -0.25) is 14.9 Å². The quantitative estimate of drug-likeness (QED) is 0.611. The lowest BCUT2D eigenvalue weighted by molar-refractivity contribution is -0.130. The first-order valence-corrected chi connectivity index (χ1v) is 8.75. The van der Waals surface area contributed by atoms with Gasteiger partial charge in [-0.25, -0.2) is 0 Å². The zero-order valence-electron chi connectivity index (χ0n) is 14.4. The number of imide groups is 1. The van der Waals surface area contributed by atoms with Crippen LogP contribution in [0.15, 0.2) is 0 Å². The second kappa shape index (κ2) is 8.26. The number of hydrogen-bond donors (Lipinski definition) is 3. The Kier molecular flexibility index (Phi) is 7.23. The van der Waals surface area contributed by atoms with Crippen LogP contribution in [0.25, 0.3) is 0 Å². The Bertz CT molecular complexity index is 457. The van der Waals surface area contributed by atoms with Crippen LogP contribution in [0, 0.1) is 10.8 Å². The Hall–Kier alpha value is -0.920. The third kappa shape index (κ3) is 6.24. The van der Waals surface area contributed by atoms with Crippen LogP contribution in [0.1, 0.15) is 47.0 Å². The number of thioether (sulfide) groups is 1. The van der Waals surface area contributed by atoms with E-state index in [2.05, 4.69) is 5.32 Å². The highest BCUT2D eigenvalue weighted by molar-refractivity contribution is 8.01. The summed E-state index contributed by atoms with van der Waals surface area (Å²) in [6, 6.07) is 0. The molecule has 0 unspecified atom stereocenters. The first-order valence-electron chi connectivity index (χ1n) is 7.87. The fourth-order valence-corrected chi connectivity index (χ4v) is 3.50. The van der Waals surface area contributed by atoms with Crippen LogP contribution >= 0.6 is 11.8 Å². The van der Waals surface area contributed by atoms with Crippen LogP contribution in [-0.4, -0.2) is 52.5 Å². The van der Waals surface area contributed by atoms with Crippen LogP contribution in [-0.2, 0) is 14.3 Å². The minimum Gasteiger partial charge on any atom is -0.395 e. The molecule has 0 aromatic carbocycles. The van der Waals surface area contributed by atoms with Crippen LogP contribution in [0.5, 0.6) is 0 Å². The van der Waals surface area contributed by atoms with E-state index < -0.39 is 16.1 Å². The first-order chi connectivity index (χ1) is 10.6. The van der Waals surface area contributed by atoms with Crippen LogP contribution < -0.4 is 5.32 Å². The monoisotopic (exact) mass is 344 g/mol. The third-order valence-corrected chi connectivity index (χ3v) is 5.56. The predicted octanol–water partition coefficient (Wildman–Crippen LogP) is 1.75. The molecule has 1 aliphatic rings. The molecule has 132 valence electrons. The summed E-state index contributed by atoms with van der Waals surface area (Å²) < 4.78 is 4.60. The first kappa shape index (κ1) is 20.1. The highest BCUT2D eigenvalue weighted by atomic mass is 32.2. The maximum Gasteiger partial charge on any atom is 0.242 e. The van der Waals surface area contributed by atoms with Crippen molar-refractivity contribution in [1.82, 2.24) is 5.32 Å². The van der Waals surface area contributed by atoms with E-state index in [-0.39, 0.29) is 24.6 Å². The van der Waals surface area contributed by atoms with Gasteiger partial charge in [0.15, 0.2) is 0 Å². The lowest BCUT2D eigenvalue weighted by atomic mass is 9.86. The van der Waals surface area contributed by atoms with Crippen molar-refractivity contribution in [2.45, 2.75) is 57.0 Å². The molecule has 6 nitrogen and oxygen atoms in total. The predicted molar refractivity (Wildman–Crippen MR) is 91.9 cm³/mol. The van der Waals surface area contributed by atoms with Gasteiger partial charge >= 0.3 is 0 Å². The fourth-order valence-electron chi connectivity index (χ4n) is 2.08. The second-order valence-corrected chi connectivity index (χ2v) is 8.94. The molecule has 0 aromatic heterocycles. The lowest BCUT2D eigenvalue weighted by Gasteiger charge is -2.30. The number of carbonyl (C=O) groups is 2. The van der Waals surface area contributed by atoms with Gasteiger partial charge in [0.25, 0.3) is 0 Å². The SMILES string of the molecule is CC(C)(CO)C(=N)CC(=O)NC(=O)C(C)(C)SC1CCOCC1. The van der Waals surface area contributed by atoms with E-state index in [1.165, 1.54) is 0 Å². The Balaban J connectivity index is 2.52. The Morgan fingerprint density at radius 3 is 2.35 bits per heavy atom. The summed E-state index contributed by atoms with van der Waals surface area (Å²) in [4.78, 5) is 24.3. The maximum absolute atomic E-state index is 12.3. The number of nitrogens with one attached hydrogen (secondary N) is 2. The number of ether oxygens (including phenoxy) is 1. The number of aliphatic hydroxyl groups is 1. The average molecular weight is 344 g/mol. The molecule has 1 heterocycles. The zero-order chi connectivity index (χ0) is 17.7. The van der Waals surface area contributed by atoms with Crippen molar-refractivity contribution in [3.05, 3.63) is 0 Å². The van der Waals surface area contributed by atoms with Gasteiger partial charge in [-0.15, -0.1) is 11.8 Å². The van der Waals surface area contributed by atoms with Crippen LogP contribution in [0.4, 0.5) is 0 Å². The van der Waals surface area contributed by atoms with Crippen molar-refractivity contribution in [3.8, 4) is 0 Å². The third-order valence-electron chi connectivity index (χ3n) is 3.98. The minimum absolute atomic E-state index is 0.111. The van der Waals surface area contributed by atoms with Gasteiger partial charge in [0, 0.05) is 29.6 Å². The smallest absolute Gasteiger partial charge is 0.242 e. The highest BCUT2D eigenvalue weighted by Gasteiger charge is 2.34.